The smallest absolute Gasteiger partial charge is 0.109 e. The fourth-order valence-corrected chi connectivity index (χ4v) is 2.80. The number of benzene rings is 1. The van der Waals surface area contributed by atoms with E-state index in [-0.39, 0.29) is 0 Å². The normalized spacial score (nSPS) is 18.0. The Hall–Kier alpha value is -2.24. The second-order valence-corrected chi connectivity index (χ2v) is 5.31. The molecule has 0 spiro atoms. The first-order valence-electron chi connectivity index (χ1n) is 7.20. The van der Waals surface area contributed by atoms with Crippen molar-refractivity contribution in [3.05, 3.63) is 65.0 Å². The second-order valence-electron chi connectivity index (χ2n) is 5.31. The molecule has 114 valence electrons. The minimum atomic E-state index is -0.977. The summed E-state index contributed by atoms with van der Waals surface area (Å²) in [5.41, 5.74) is 4.44. The molecule has 0 aliphatic heterocycles. The molecule has 2 aromatic rings. The average Bonchev–Trinajstić information content (AvgIpc) is 2.97. The van der Waals surface area contributed by atoms with Crippen molar-refractivity contribution < 1.29 is 15.1 Å². The number of hydrogen-bond donors (Lipinski definition) is 2. The van der Waals surface area contributed by atoms with Gasteiger partial charge in [-0.15, -0.1) is 0 Å². The number of aliphatic hydroxyl groups is 2. The van der Waals surface area contributed by atoms with Gasteiger partial charge in [0.25, 0.3) is 0 Å². The summed E-state index contributed by atoms with van der Waals surface area (Å²) in [6.07, 6.45) is 2.94. The van der Waals surface area contributed by atoms with Crippen LogP contribution in [0.15, 0.2) is 47.9 Å². The van der Waals surface area contributed by atoms with Gasteiger partial charge in [0.05, 0.1) is 5.71 Å². The second kappa shape index (κ2) is 6.25. The average molecular weight is 298 g/mol. The van der Waals surface area contributed by atoms with E-state index < -0.39 is 12.2 Å². The topological polar surface area (TPSA) is 74.9 Å². The Morgan fingerprint density at radius 1 is 1.05 bits per heavy atom. The van der Waals surface area contributed by atoms with Crippen molar-refractivity contribution in [2.24, 2.45) is 5.16 Å². The van der Waals surface area contributed by atoms with Crippen LogP contribution < -0.4 is 0 Å². The van der Waals surface area contributed by atoms with Crippen molar-refractivity contribution in [1.82, 2.24) is 4.98 Å². The third kappa shape index (κ3) is 2.73. The van der Waals surface area contributed by atoms with Gasteiger partial charge in [0.1, 0.15) is 19.3 Å². The summed E-state index contributed by atoms with van der Waals surface area (Å²) in [5.74, 6) is 0. The molecule has 1 aliphatic rings. The van der Waals surface area contributed by atoms with Gasteiger partial charge in [-0.3, -0.25) is 4.98 Å². The Kier molecular flexibility index (Phi) is 4.18. The SMILES string of the molecule is CON=C1CCc2cc([C@H](O)[C@H](O)c3ccncc3)ccc21. The van der Waals surface area contributed by atoms with Crippen molar-refractivity contribution in [1.29, 1.82) is 0 Å². The summed E-state index contributed by atoms with van der Waals surface area (Å²) >= 11 is 0. The monoisotopic (exact) mass is 298 g/mol. The van der Waals surface area contributed by atoms with Gasteiger partial charge < -0.3 is 15.1 Å². The summed E-state index contributed by atoms with van der Waals surface area (Å²) < 4.78 is 0. The van der Waals surface area contributed by atoms with Gasteiger partial charge in [0, 0.05) is 18.0 Å². The fraction of sp³-hybridized carbons (Fsp3) is 0.294. The van der Waals surface area contributed by atoms with Crippen LogP contribution in [0.1, 0.15) is 40.9 Å². The molecular formula is C17H18N2O3. The van der Waals surface area contributed by atoms with E-state index in [0.717, 1.165) is 29.7 Å². The molecule has 0 saturated heterocycles. The van der Waals surface area contributed by atoms with E-state index in [1.807, 2.05) is 18.2 Å². The van der Waals surface area contributed by atoms with Gasteiger partial charge in [0.2, 0.25) is 0 Å². The maximum Gasteiger partial charge on any atom is 0.109 e. The van der Waals surface area contributed by atoms with E-state index in [0.29, 0.717) is 11.1 Å². The highest BCUT2D eigenvalue weighted by Crippen LogP contribution is 2.32. The number of nitrogens with zero attached hydrogens (tertiary/aromatic N) is 2. The molecule has 2 atom stereocenters. The molecule has 1 aromatic heterocycles. The zero-order valence-electron chi connectivity index (χ0n) is 12.3. The zero-order valence-corrected chi connectivity index (χ0v) is 12.3. The molecule has 0 unspecified atom stereocenters. The number of fused-ring (bicyclic) bond motifs is 1. The lowest BCUT2D eigenvalue weighted by Gasteiger charge is -2.19. The van der Waals surface area contributed by atoms with E-state index in [1.54, 1.807) is 24.5 Å². The lowest BCUT2D eigenvalue weighted by molar-refractivity contribution is 0.0171. The summed E-state index contributed by atoms with van der Waals surface area (Å²) in [7, 11) is 1.54. The quantitative estimate of drug-likeness (QED) is 0.848. The van der Waals surface area contributed by atoms with Gasteiger partial charge >= 0.3 is 0 Å². The largest absolute Gasteiger partial charge is 0.399 e. The number of pyridine rings is 1. The Balaban J connectivity index is 1.86. The van der Waals surface area contributed by atoms with E-state index >= 15 is 0 Å². The van der Waals surface area contributed by atoms with Crippen LogP contribution in [0.25, 0.3) is 0 Å². The molecule has 3 rings (SSSR count). The first-order valence-corrected chi connectivity index (χ1v) is 7.20. The van der Waals surface area contributed by atoms with Gasteiger partial charge in [-0.2, -0.15) is 0 Å². The maximum absolute atomic E-state index is 10.4. The van der Waals surface area contributed by atoms with Crippen LogP contribution in [0.3, 0.4) is 0 Å². The molecule has 1 aromatic carbocycles. The molecule has 0 saturated carbocycles. The van der Waals surface area contributed by atoms with Crippen LogP contribution in [0.5, 0.6) is 0 Å². The lowest BCUT2D eigenvalue weighted by Crippen LogP contribution is -2.11. The molecule has 0 fully saturated rings. The van der Waals surface area contributed by atoms with Crippen molar-refractivity contribution in [2.75, 3.05) is 7.11 Å². The standard InChI is InChI=1S/C17H18N2O3/c1-22-19-15-5-3-12-10-13(2-4-14(12)15)17(21)16(20)11-6-8-18-9-7-11/h2,4,6-10,16-17,20-21H,3,5H2,1H3/t16-,17+/m1/s1. The van der Waals surface area contributed by atoms with Crippen LogP contribution >= 0.6 is 0 Å². The highest BCUT2D eigenvalue weighted by atomic mass is 16.6. The van der Waals surface area contributed by atoms with Crippen molar-refractivity contribution >= 4 is 5.71 Å². The third-order valence-corrected chi connectivity index (χ3v) is 3.96. The minimum absolute atomic E-state index is 0.643. The van der Waals surface area contributed by atoms with E-state index in [9.17, 15) is 10.2 Å². The molecule has 5 heteroatoms. The fourth-order valence-electron chi connectivity index (χ4n) is 2.80. The minimum Gasteiger partial charge on any atom is -0.399 e. The molecule has 1 heterocycles. The summed E-state index contributed by atoms with van der Waals surface area (Å²) in [4.78, 5) is 8.76. The van der Waals surface area contributed by atoms with Gasteiger partial charge in [-0.1, -0.05) is 23.4 Å². The Labute approximate surface area is 128 Å². The van der Waals surface area contributed by atoms with E-state index in [4.69, 9.17) is 4.84 Å². The molecule has 22 heavy (non-hydrogen) atoms. The van der Waals surface area contributed by atoms with Crippen LogP contribution in [0, 0.1) is 0 Å². The number of aromatic nitrogens is 1. The summed E-state index contributed by atoms with van der Waals surface area (Å²) in [5, 5.41) is 24.7. The molecule has 5 nitrogen and oxygen atoms in total. The molecule has 0 bridgehead atoms. The van der Waals surface area contributed by atoms with Crippen molar-refractivity contribution in [3.8, 4) is 0 Å². The first-order chi connectivity index (χ1) is 10.7. The molecule has 2 N–H and O–H groups in total. The molecule has 0 radical (unpaired) electrons. The number of aryl methyl sites for hydroxylation is 1. The Bertz CT molecular complexity index is 686. The zero-order chi connectivity index (χ0) is 15.5. The van der Waals surface area contributed by atoms with Crippen LogP contribution in [-0.4, -0.2) is 28.0 Å². The Morgan fingerprint density at radius 2 is 1.77 bits per heavy atom. The maximum atomic E-state index is 10.4. The van der Waals surface area contributed by atoms with Crippen molar-refractivity contribution in [2.45, 2.75) is 25.0 Å². The summed E-state index contributed by atoms with van der Waals surface area (Å²) in [6.45, 7) is 0. The predicted octanol–water partition coefficient (Wildman–Crippen LogP) is 2.15. The number of oxime groups is 1. The Morgan fingerprint density at radius 3 is 2.50 bits per heavy atom. The number of rotatable bonds is 4. The van der Waals surface area contributed by atoms with Crippen LogP contribution in [0.2, 0.25) is 0 Å². The van der Waals surface area contributed by atoms with Crippen LogP contribution in [-0.2, 0) is 11.3 Å². The van der Waals surface area contributed by atoms with Crippen LogP contribution in [0.4, 0.5) is 0 Å². The first kappa shape index (κ1) is 14.7. The van der Waals surface area contributed by atoms with Crippen molar-refractivity contribution in [3.63, 3.8) is 0 Å². The van der Waals surface area contributed by atoms with Gasteiger partial charge in [-0.25, -0.2) is 0 Å². The molecular weight excluding hydrogens is 280 g/mol. The highest BCUT2D eigenvalue weighted by molar-refractivity contribution is 6.04. The van der Waals surface area contributed by atoms with E-state index in [2.05, 4.69) is 10.1 Å². The molecule has 1 aliphatic carbocycles. The highest BCUT2D eigenvalue weighted by Gasteiger charge is 2.24. The molecule has 0 amide bonds. The number of aliphatic hydroxyl groups excluding tert-OH is 2. The lowest BCUT2D eigenvalue weighted by atomic mass is 9.96. The van der Waals surface area contributed by atoms with Gasteiger partial charge in [-0.05, 0) is 41.7 Å². The van der Waals surface area contributed by atoms with Gasteiger partial charge in [0.15, 0.2) is 0 Å². The van der Waals surface area contributed by atoms with E-state index in [1.165, 1.54) is 7.11 Å². The summed E-state index contributed by atoms with van der Waals surface area (Å²) in [6, 6.07) is 9.08. The number of hydrogen-bond acceptors (Lipinski definition) is 5. The third-order valence-electron chi connectivity index (χ3n) is 3.96. The predicted molar refractivity (Wildman–Crippen MR) is 82.5 cm³/mol.